The smallest absolute Gasteiger partial charge is 0.418 e. The van der Waals surface area contributed by atoms with Gasteiger partial charge in [0.2, 0.25) is 5.88 Å². The monoisotopic (exact) mass is 415 g/mol. The van der Waals surface area contributed by atoms with E-state index in [1.54, 1.807) is 0 Å². The fraction of sp³-hybridized carbons (Fsp3) is 0.118. The molecule has 0 bridgehead atoms. The van der Waals surface area contributed by atoms with Gasteiger partial charge in [-0.05, 0) is 24.3 Å². The number of anilines is 1. The molecule has 140 valence electrons. The SMILES string of the molecule is O=C(COc1ncnc2c(Cl)cc(Cl)cc12)Nc1ccccc1C(F)(F)F. The molecule has 1 heterocycles. The Hall–Kier alpha value is -2.58. The van der Waals surface area contributed by atoms with Gasteiger partial charge in [0.05, 0.1) is 27.2 Å². The molecule has 0 fully saturated rings. The summed E-state index contributed by atoms with van der Waals surface area (Å²) in [6, 6.07) is 7.64. The van der Waals surface area contributed by atoms with Gasteiger partial charge in [0.1, 0.15) is 6.33 Å². The van der Waals surface area contributed by atoms with Crippen LogP contribution >= 0.6 is 23.2 Å². The van der Waals surface area contributed by atoms with Gasteiger partial charge >= 0.3 is 6.18 Å². The Morgan fingerprint density at radius 3 is 2.63 bits per heavy atom. The van der Waals surface area contributed by atoms with E-state index in [1.165, 1.54) is 30.6 Å². The van der Waals surface area contributed by atoms with Crippen LogP contribution in [0.2, 0.25) is 10.0 Å². The van der Waals surface area contributed by atoms with E-state index < -0.39 is 24.3 Å². The summed E-state index contributed by atoms with van der Waals surface area (Å²) in [7, 11) is 0. The summed E-state index contributed by atoms with van der Waals surface area (Å²) in [6.45, 7) is -0.567. The minimum absolute atomic E-state index is 0.0312. The second kappa shape index (κ2) is 7.58. The first-order chi connectivity index (χ1) is 12.8. The van der Waals surface area contributed by atoms with Gasteiger partial charge in [-0.15, -0.1) is 0 Å². The highest BCUT2D eigenvalue weighted by molar-refractivity contribution is 6.38. The third kappa shape index (κ3) is 4.40. The van der Waals surface area contributed by atoms with Gasteiger partial charge in [-0.1, -0.05) is 35.3 Å². The van der Waals surface area contributed by atoms with Crippen molar-refractivity contribution < 1.29 is 22.7 Å². The fourth-order valence-electron chi connectivity index (χ4n) is 2.34. The molecular formula is C17H10Cl2F3N3O2. The van der Waals surface area contributed by atoms with Crippen molar-refractivity contribution in [3.05, 3.63) is 58.3 Å². The third-order valence-corrected chi connectivity index (χ3v) is 3.97. The average Bonchev–Trinajstić information content (AvgIpc) is 2.59. The Labute approximate surface area is 161 Å². The number of rotatable bonds is 4. The number of halogens is 5. The van der Waals surface area contributed by atoms with Gasteiger partial charge in [-0.25, -0.2) is 9.97 Å². The first-order valence-electron chi connectivity index (χ1n) is 7.44. The predicted octanol–water partition coefficient (Wildman–Crippen LogP) is 4.97. The van der Waals surface area contributed by atoms with Crippen molar-refractivity contribution in [1.82, 2.24) is 9.97 Å². The lowest BCUT2D eigenvalue weighted by molar-refractivity contribution is -0.137. The Balaban J connectivity index is 1.77. The summed E-state index contributed by atoms with van der Waals surface area (Å²) < 4.78 is 44.3. The van der Waals surface area contributed by atoms with E-state index in [9.17, 15) is 18.0 Å². The van der Waals surface area contributed by atoms with E-state index in [0.29, 0.717) is 15.9 Å². The van der Waals surface area contributed by atoms with Crippen molar-refractivity contribution in [3.63, 3.8) is 0 Å². The molecule has 2 aromatic carbocycles. The zero-order valence-corrected chi connectivity index (χ0v) is 14.9. The minimum atomic E-state index is -4.60. The molecule has 10 heteroatoms. The fourth-order valence-corrected chi connectivity index (χ4v) is 2.89. The van der Waals surface area contributed by atoms with Crippen molar-refractivity contribution in [2.75, 3.05) is 11.9 Å². The van der Waals surface area contributed by atoms with Crippen LogP contribution in [0, 0.1) is 0 Å². The van der Waals surface area contributed by atoms with Gasteiger partial charge in [-0.3, -0.25) is 4.79 Å². The molecule has 3 aromatic rings. The van der Waals surface area contributed by atoms with Crippen LogP contribution in [0.5, 0.6) is 5.88 Å². The second-order valence-electron chi connectivity index (χ2n) is 5.34. The number of nitrogens with zero attached hydrogens (tertiary/aromatic N) is 2. The topological polar surface area (TPSA) is 64.1 Å². The van der Waals surface area contributed by atoms with Crippen LogP contribution in [0.1, 0.15) is 5.56 Å². The van der Waals surface area contributed by atoms with Crippen LogP contribution in [0.15, 0.2) is 42.7 Å². The van der Waals surface area contributed by atoms with Gasteiger partial charge in [0, 0.05) is 5.02 Å². The van der Waals surface area contributed by atoms with Gasteiger partial charge < -0.3 is 10.1 Å². The largest absolute Gasteiger partial charge is 0.467 e. The Bertz CT molecular complexity index is 1010. The summed E-state index contributed by atoms with van der Waals surface area (Å²) in [4.78, 5) is 20.0. The predicted molar refractivity (Wildman–Crippen MR) is 95.1 cm³/mol. The molecule has 27 heavy (non-hydrogen) atoms. The molecule has 0 aliphatic carbocycles. The van der Waals surface area contributed by atoms with Gasteiger partial charge in [-0.2, -0.15) is 13.2 Å². The van der Waals surface area contributed by atoms with Gasteiger partial charge in [0.15, 0.2) is 6.61 Å². The number of hydrogen-bond donors (Lipinski definition) is 1. The molecule has 0 saturated heterocycles. The van der Waals surface area contributed by atoms with Crippen molar-refractivity contribution in [2.45, 2.75) is 6.18 Å². The highest BCUT2D eigenvalue weighted by atomic mass is 35.5. The van der Waals surface area contributed by atoms with Crippen LogP contribution in [0.4, 0.5) is 18.9 Å². The number of fused-ring (bicyclic) bond motifs is 1. The van der Waals surface area contributed by atoms with Gasteiger partial charge in [0.25, 0.3) is 5.91 Å². The molecule has 0 unspecified atom stereocenters. The molecular weight excluding hydrogens is 406 g/mol. The molecule has 0 radical (unpaired) electrons. The normalized spacial score (nSPS) is 11.4. The van der Waals surface area contributed by atoms with Crippen LogP contribution in [0.25, 0.3) is 10.9 Å². The molecule has 3 rings (SSSR count). The summed E-state index contributed by atoms with van der Waals surface area (Å²) in [5.41, 5.74) is -0.949. The summed E-state index contributed by atoms with van der Waals surface area (Å²) >= 11 is 12.0. The summed E-state index contributed by atoms with van der Waals surface area (Å²) in [6.07, 6.45) is -3.41. The van der Waals surface area contributed by atoms with Crippen molar-refractivity contribution in [2.24, 2.45) is 0 Å². The maximum absolute atomic E-state index is 13.0. The Morgan fingerprint density at radius 2 is 1.89 bits per heavy atom. The average molecular weight is 416 g/mol. The highest BCUT2D eigenvalue weighted by Gasteiger charge is 2.33. The molecule has 5 nitrogen and oxygen atoms in total. The van der Waals surface area contributed by atoms with E-state index in [4.69, 9.17) is 27.9 Å². The van der Waals surface area contributed by atoms with E-state index >= 15 is 0 Å². The molecule has 1 aromatic heterocycles. The molecule has 0 saturated carbocycles. The lowest BCUT2D eigenvalue weighted by Crippen LogP contribution is -2.22. The second-order valence-corrected chi connectivity index (χ2v) is 6.19. The first kappa shape index (κ1) is 19.2. The number of aromatic nitrogens is 2. The molecule has 0 aliphatic rings. The zero-order chi connectivity index (χ0) is 19.6. The minimum Gasteiger partial charge on any atom is -0.467 e. The van der Waals surface area contributed by atoms with E-state index in [0.717, 1.165) is 12.1 Å². The molecule has 0 aliphatic heterocycles. The molecule has 0 spiro atoms. The number of ether oxygens (including phenoxy) is 1. The van der Waals surface area contributed by atoms with Crippen LogP contribution in [-0.4, -0.2) is 22.5 Å². The molecule has 1 amide bonds. The Kier molecular flexibility index (Phi) is 5.38. The lowest BCUT2D eigenvalue weighted by Gasteiger charge is -2.14. The zero-order valence-electron chi connectivity index (χ0n) is 13.3. The number of nitrogens with one attached hydrogen (secondary N) is 1. The van der Waals surface area contributed by atoms with Crippen LogP contribution in [-0.2, 0) is 11.0 Å². The maximum atomic E-state index is 13.0. The van der Waals surface area contributed by atoms with E-state index in [1.807, 2.05) is 0 Å². The number of carbonyl (C=O) groups excluding carboxylic acids is 1. The van der Waals surface area contributed by atoms with Crippen LogP contribution in [0.3, 0.4) is 0 Å². The Morgan fingerprint density at radius 1 is 1.15 bits per heavy atom. The summed E-state index contributed by atoms with van der Waals surface area (Å²) in [5.74, 6) is -0.754. The lowest BCUT2D eigenvalue weighted by atomic mass is 10.1. The number of hydrogen-bond acceptors (Lipinski definition) is 4. The number of para-hydroxylation sites is 1. The number of amides is 1. The molecule has 0 atom stereocenters. The number of alkyl halides is 3. The molecule has 1 N–H and O–H groups in total. The highest BCUT2D eigenvalue weighted by Crippen LogP contribution is 2.34. The maximum Gasteiger partial charge on any atom is 0.418 e. The first-order valence-corrected chi connectivity index (χ1v) is 8.20. The van der Waals surface area contributed by atoms with E-state index in [-0.39, 0.29) is 16.6 Å². The van der Waals surface area contributed by atoms with Crippen molar-refractivity contribution >= 4 is 45.7 Å². The van der Waals surface area contributed by atoms with Crippen LogP contribution < -0.4 is 10.1 Å². The standard InChI is InChI=1S/C17H10Cl2F3N3O2/c18-9-5-10-15(12(19)6-9)23-8-24-16(10)27-7-14(26)25-13-4-2-1-3-11(13)17(20,21)22/h1-6,8H,7H2,(H,25,26). The quantitative estimate of drug-likeness (QED) is 0.652. The van der Waals surface area contributed by atoms with Crippen molar-refractivity contribution in [3.8, 4) is 5.88 Å². The number of benzene rings is 2. The number of carbonyl (C=O) groups is 1. The third-order valence-electron chi connectivity index (χ3n) is 3.47. The van der Waals surface area contributed by atoms with E-state index in [2.05, 4.69) is 15.3 Å². The summed E-state index contributed by atoms with van der Waals surface area (Å²) in [5, 5.41) is 3.14. The van der Waals surface area contributed by atoms with Crippen molar-refractivity contribution in [1.29, 1.82) is 0 Å².